The number of benzene rings is 1. The van der Waals surface area contributed by atoms with Crippen molar-refractivity contribution in [2.45, 2.75) is 25.5 Å². The molecule has 2 aromatic rings. The lowest BCUT2D eigenvalue weighted by atomic mass is 9.90. The molecule has 20 heavy (non-hydrogen) atoms. The van der Waals surface area contributed by atoms with Crippen molar-refractivity contribution in [3.05, 3.63) is 65.0 Å². The highest BCUT2D eigenvalue weighted by atomic mass is 16.5. The fourth-order valence-corrected chi connectivity index (χ4v) is 2.94. The summed E-state index contributed by atoms with van der Waals surface area (Å²) in [5.74, 6) is 0. The van der Waals surface area contributed by atoms with Crippen molar-refractivity contribution in [1.29, 1.82) is 0 Å². The SMILES string of the molecule is CNC(c1cncc(C)c1)C1OCCc2ccccc21. The maximum absolute atomic E-state index is 6.06. The summed E-state index contributed by atoms with van der Waals surface area (Å²) in [7, 11) is 1.98. The van der Waals surface area contributed by atoms with Crippen LogP contribution in [0.2, 0.25) is 0 Å². The molecule has 0 bridgehead atoms. The first-order valence-electron chi connectivity index (χ1n) is 7.08. The minimum absolute atomic E-state index is 0.0496. The largest absolute Gasteiger partial charge is 0.371 e. The predicted molar refractivity (Wildman–Crippen MR) is 79.6 cm³/mol. The summed E-state index contributed by atoms with van der Waals surface area (Å²) in [5, 5.41) is 3.39. The summed E-state index contributed by atoms with van der Waals surface area (Å²) in [4.78, 5) is 4.31. The number of nitrogens with zero attached hydrogens (tertiary/aromatic N) is 1. The van der Waals surface area contributed by atoms with Gasteiger partial charge in [-0.1, -0.05) is 30.3 Å². The Bertz CT molecular complexity index is 597. The molecule has 0 amide bonds. The molecule has 0 aliphatic carbocycles. The molecule has 0 fully saturated rings. The van der Waals surface area contributed by atoms with Crippen LogP contribution in [-0.4, -0.2) is 18.6 Å². The highest BCUT2D eigenvalue weighted by Crippen LogP contribution is 2.36. The predicted octanol–water partition coefficient (Wildman–Crippen LogP) is 2.96. The standard InChI is InChI=1S/C17H20N2O/c1-12-9-14(11-19-10-12)16(18-2)17-15-6-4-3-5-13(15)7-8-20-17/h3-6,9-11,16-18H,7-8H2,1-2H3. The lowest BCUT2D eigenvalue weighted by molar-refractivity contribution is 0.0165. The van der Waals surface area contributed by atoms with Crippen LogP contribution in [0, 0.1) is 6.92 Å². The van der Waals surface area contributed by atoms with Gasteiger partial charge in [0.2, 0.25) is 0 Å². The molecular weight excluding hydrogens is 248 g/mol. The molecule has 0 saturated carbocycles. The Morgan fingerprint density at radius 2 is 2.15 bits per heavy atom. The maximum Gasteiger partial charge on any atom is 0.102 e. The van der Waals surface area contributed by atoms with Crippen molar-refractivity contribution >= 4 is 0 Å². The van der Waals surface area contributed by atoms with Crippen LogP contribution in [0.25, 0.3) is 0 Å². The van der Waals surface area contributed by atoms with E-state index in [1.165, 1.54) is 22.3 Å². The van der Waals surface area contributed by atoms with E-state index in [0.717, 1.165) is 13.0 Å². The number of hydrogen-bond acceptors (Lipinski definition) is 3. The normalized spacial score (nSPS) is 19.4. The third kappa shape index (κ3) is 2.47. The summed E-state index contributed by atoms with van der Waals surface area (Å²) >= 11 is 0. The van der Waals surface area contributed by atoms with Gasteiger partial charge in [-0.3, -0.25) is 4.98 Å². The topological polar surface area (TPSA) is 34.2 Å². The fourth-order valence-electron chi connectivity index (χ4n) is 2.94. The van der Waals surface area contributed by atoms with E-state index in [1.54, 1.807) is 0 Å². The van der Waals surface area contributed by atoms with E-state index in [-0.39, 0.29) is 12.1 Å². The molecule has 0 radical (unpaired) electrons. The zero-order valence-electron chi connectivity index (χ0n) is 12.0. The average Bonchev–Trinajstić information content (AvgIpc) is 2.48. The number of likely N-dealkylation sites (N-methyl/N-ethyl adjacent to an activating group) is 1. The number of fused-ring (bicyclic) bond motifs is 1. The van der Waals surface area contributed by atoms with E-state index in [4.69, 9.17) is 4.74 Å². The summed E-state index contributed by atoms with van der Waals surface area (Å²) in [6.45, 7) is 2.85. The molecule has 3 nitrogen and oxygen atoms in total. The first-order chi connectivity index (χ1) is 9.79. The lowest BCUT2D eigenvalue weighted by Gasteiger charge is -2.32. The Morgan fingerprint density at radius 3 is 2.95 bits per heavy atom. The number of rotatable bonds is 3. The van der Waals surface area contributed by atoms with Gasteiger partial charge in [0.25, 0.3) is 0 Å². The number of pyridine rings is 1. The number of ether oxygens (including phenoxy) is 1. The summed E-state index contributed by atoms with van der Waals surface area (Å²) < 4.78 is 6.06. The summed E-state index contributed by atoms with van der Waals surface area (Å²) in [6.07, 6.45) is 4.85. The van der Waals surface area contributed by atoms with Gasteiger partial charge in [-0.15, -0.1) is 0 Å². The summed E-state index contributed by atoms with van der Waals surface area (Å²) in [6, 6.07) is 10.9. The van der Waals surface area contributed by atoms with Crippen LogP contribution in [0.1, 0.15) is 34.4 Å². The molecular formula is C17H20N2O. The molecule has 0 saturated heterocycles. The molecule has 1 N–H and O–H groups in total. The van der Waals surface area contributed by atoms with Crippen molar-refractivity contribution in [3.63, 3.8) is 0 Å². The van der Waals surface area contributed by atoms with Crippen molar-refractivity contribution in [2.75, 3.05) is 13.7 Å². The fraction of sp³-hybridized carbons (Fsp3) is 0.353. The highest BCUT2D eigenvalue weighted by Gasteiger charge is 2.29. The van der Waals surface area contributed by atoms with E-state index in [1.807, 2.05) is 19.4 Å². The van der Waals surface area contributed by atoms with Crippen molar-refractivity contribution in [3.8, 4) is 0 Å². The van der Waals surface area contributed by atoms with Gasteiger partial charge in [0, 0.05) is 12.4 Å². The molecule has 2 heterocycles. The first kappa shape index (κ1) is 13.3. The van der Waals surface area contributed by atoms with E-state index < -0.39 is 0 Å². The second-order valence-corrected chi connectivity index (χ2v) is 5.30. The number of hydrogen-bond donors (Lipinski definition) is 1. The van der Waals surface area contributed by atoms with E-state index in [9.17, 15) is 0 Å². The zero-order valence-corrected chi connectivity index (χ0v) is 12.0. The minimum atomic E-state index is 0.0496. The third-order valence-electron chi connectivity index (χ3n) is 3.90. The van der Waals surface area contributed by atoms with Gasteiger partial charge in [-0.2, -0.15) is 0 Å². The second kappa shape index (κ2) is 5.73. The van der Waals surface area contributed by atoms with Gasteiger partial charge in [0.15, 0.2) is 0 Å². The first-order valence-corrected chi connectivity index (χ1v) is 7.08. The van der Waals surface area contributed by atoms with Gasteiger partial charge in [0.1, 0.15) is 6.10 Å². The van der Waals surface area contributed by atoms with Gasteiger partial charge >= 0.3 is 0 Å². The molecule has 3 rings (SSSR count). The number of nitrogens with one attached hydrogen (secondary N) is 1. The smallest absolute Gasteiger partial charge is 0.102 e. The molecule has 1 aliphatic rings. The van der Waals surface area contributed by atoms with Crippen LogP contribution < -0.4 is 5.32 Å². The van der Waals surface area contributed by atoms with Crippen molar-refractivity contribution in [2.24, 2.45) is 0 Å². The molecule has 1 aliphatic heterocycles. The molecule has 2 atom stereocenters. The average molecular weight is 268 g/mol. The summed E-state index contributed by atoms with van der Waals surface area (Å²) in [5.41, 5.74) is 5.03. The van der Waals surface area contributed by atoms with E-state index in [2.05, 4.69) is 47.6 Å². The van der Waals surface area contributed by atoms with Crippen molar-refractivity contribution in [1.82, 2.24) is 10.3 Å². The Hall–Kier alpha value is -1.71. The number of aryl methyl sites for hydroxylation is 1. The molecule has 3 heteroatoms. The minimum Gasteiger partial charge on any atom is -0.371 e. The molecule has 0 spiro atoms. The molecule has 2 unspecified atom stereocenters. The quantitative estimate of drug-likeness (QED) is 0.929. The van der Waals surface area contributed by atoms with Gasteiger partial charge in [0.05, 0.1) is 12.6 Å². The monoisotopic (exact) mass is 268 g/mol. The Balaban J connectivity index is 1.99. The van der Waals surface area contributed by atoms with Crippen LogP contribution in [0.3, 0.4) is 0 Å². The Kier molecular flexibility index (Phi) is 3.81. The lowest BCUT2D eigenvalue weighted by Crippen LogP contribution is -2.29. The maximum atomic E-state index is 6.06. The Labute approximate surface area is 120 Å². The molecule has 104 valence electrons. The van der Waals surface area contributed by atoms with E-state index in [0.29, 0.717) is 0 Å². The zero-order chi connectivity index (χ0) is 13.9. The second-order valence-electron chi connectivity index (χ2n) is 5.30. The van der Waals surface area contributed by atoms with Gasteiger partial charge in [-0.25, -0.2) is 0 Å². The number of aromatic nitrogens is 1. The molecule has 1 aromatic carbocycles. The molecule has 1 aromatic heterocycles. The van der Waals surface area contributed by atoms with Crippen LogP contribution >= 0.6 is 0 Å². The van der Waals surface area contributed by atoms with Crippen LogP contribution in [0.15, 0.2) is 42.7 Å². The highest BCUT2D eigenvalue weighted by molar-refractivity contribution is 5.34. The van der Waals surface area contributed by atoms with Crippen LogP contribution in [-0.2, 0) is 11.2 Å². The third-order valence-corrected chi connectivity index (χ3v) is 3.90. The van der Waals surface area contributed by atoms with Crippen LogP contribution in [0.5, 0.6) is 0 Å². The van der Waals surface area contributed by atoms with Gasteiger partial charge < -0.3 is 10.1 Å². The van der Waals surface area contributed by atoms with Gasteiger partial charge in [-0.05, 0) is 42.6 Å². The van der Waals surface area contributed by atoms with E-state index >= 15 is 0 Å². The van der Waals surface area contributed by atoms with Crippen LogP contribution in [0.4, 0.5) is 0 Å². The Morgan fingerprint density at radius 1 is 1.30 bits per heavy atom. The van der Waals surface area contributed by atoms with Crippen molar-refractivity contribution < 1.29 is 4.74 Å².